The number of rotatable bonds is 26. The SMILES string of the molecule is CCCCC=CC=CC=CCCCCCCCC(=O)[O-].CCCCC=CC=CC=CCCCCCCCC(=O)[O-].[Mg+2]. The van der Waals surface area contributed by atoms with Gasteiger partial charge < -0.3 is 19.8 Å². The van der Waals surface area contributed by atoms with E-state index >= 15 is 0 Å². The summed E-state index contributed by atoms with van der Waals surface area (Å²) in [4.78, 5) is 20.4. The molecule has 0 spiro atoms. The van der Waals surface area contributed by atoms with Crippen molar-refractivity contribution in [1.29, 1.82) is 0 Å². The molecule has 0 amide bonds. The summed E-state index contributed by atoms with van der Waals surface area (Å²) in [6.07, 6.45) is 46.0. The second-order valence-electron chi connectivity index (χ2n) is 10.1. The Balaban J connectivity index is -0.000000688. The van der Waals surface area contributed by atoms with Crippen molar-refractivity contribution in [3.8, 4) is 0 Å². The fraction of sp³-hybridized carbons (Fsp3) is 0.611. The van der Waals surface area contributed by atoms with Crippen molar-refractivity contribution >= 4 is 35.0 Å². The molecule has 0 aliphatic carbocycles. The molecule has 0 atom stereocenters. The normalized spacial score (nSPS) is 11.8. The average molecular weight is 579 g/mol. The molecule has 0 saturated carbocycles. The number of carbonyl (C=O) groups excluding carboxylic acids is 2. The zero-order valence-electron chi connectivity index (χ0n) is 26.4. The van der Waals surface area contributed by atoms with E-state index in [1.165, 1.54) is 64.2 Å². The molecule has 0 unspecified atom stereocenters. The van der Waals surface area contributed by atoms with Gasteiger partial charge in [0, 0.05) is 11.9 Å². The van der Waals surface area contributed by atoms with Crippen LogP contribution in [0.2, 0.25) is 0 Å². The number of hydrogen-bond acceptors (Lipinski definition) is 4. The van der Waals surface area contributed by atoms with Gasteiger partial charge in [0.05, 0.1) is 0 Å². The molecular weight excluding hydrogens is 521 g/mol. The van der Waals surface area contributed by atoms with E-state index in [0.29, 0.717) is 0 Å². The Labute approximate surface area is 269 Å². The van der Waals surface area contributed by atoms with Gasteiger partial charge in [0.1, 0.15) is 0 Å². The molecule has 41 heavy (non-hydrogen) atoms. The third kappa shape index (κ3) is 48.2. The van der Waals surface area contributed by atoms with Gasteiger partial charge in [-0.1, -0.05) is 151 Å². The molecule has 0 fully saturated rings. The third-order valence-corrected chi connectivity index (χ3v) is 6.16. The summed E-state index contributed by atoms with van der Waals surface area (Å²) in [5.74, 6) is -1.85. The van der Waals surface area contributed by atoms with Gasteiger partial charge in [0.15, 0.2) is 0 Å². The van der Waals surface area contributed by atoms with Gasteiger partial charge in [-0.15, -0.1) is 0 Å². The van der Waals surface area contributed by atoms with E-state index in [0.717, 1.165) is 51.4 Å². The molecule has 0 radical (unpaired) electrons. The van der Waals surface area contributed by atoms with Crippen molar-refractivity contribution < 1.29 is 19.8 Å². The quantitative estimate of drug-likeness (QED) is 0.0587. The van der Waals surface area contributed by atoms with Gasteiger partial charge >= 0.3 is 23.1 Å². The Morgan fingerprint density at radius 3 is 0.976 bits per heavy atom. The van der Waals surface area contributed by atoms with E-state index in [1.807, 2.05) is 0 Å². The van der Waals surface area contributed by atoms with Gasteiger partial charge in [-0.3, -0.25) is 0 Å². The molecular formula is C36H58MgO4. The van der Waals surface area contributed by atoms with E-state index < -0.39 is 11.9 Å². The Hall–Kier alpha value is -1.85. The number of aliphatic carboxylic acids is 2. The molecule has 4 nitrogen and oxygen atoms in total. The van der Waals surface area contributed by atoms with Gasteiger partial charge in [-0.25, -0.2) is 0 Å². The van der Waals surface area contributed by atoms with E-state index in [1.54, 1.807) is 0 Å². The first kappa shape index (κ1) is 43.6. The van der Waals surface area contributed by atoms with Gasteiger partial charge in [0.25, 0.3) is 0 Å². The summed E-state index contributed by atoms with van der Waals surface area (Å²) in [6.45, 7) is 4.41. The Morgan fingerprint density at radius 1 is 0.415 bits per heavy atom. The minimum Gasteiger partial charge on any atom is -0.550 e. The standard InChI is InChI=1S/2C18H30O2.Mg/c2*1-2-3-4-5-6-7-8-9-10-11-12-13-14-15-16-17-18(19)20;/h2*5-10H,2-4,11-17H2,1H3,(H,19,20);/q;;+2/p-2. The van der Waals surface area contributed by atoms with Crippen LogP contribution in [0.25, 0.3) is 0 Å². The van der Waals surface area contributed by atoms with Crippen molar-refractivity contribution in [2.24, 2.45) is 0 Å². The van der Waals surface area contributed by atoms with E-state index in [-0.39, 0.29) is 35.9 Å². The van der Waals surface area contributed by atoms with E-state index in [4.69, 9.17) is 0 Å². The van der Waals surface area contributed by atoms with Crippen LogP contribution in [0.4, 0.5) is 0 Å². The number of hydrogen-bond donors (Lipinski definition) is 0. The molecule has 228 valence electrons. The molecule has 0 aliphatic heterocycles. The van der Waals surface area contributed by atoms with Crippen molar-refractivity contribution in [3.05, 3.63) is 72.9 Å². The zero-order valence-corrected chi connectivity index (χ0v) is 27.8. The van der Waals surface area contributed by atoms with Gasteiger partial charge in [0.2, 0.25) is 0 Å². The summed E-state index contributed by atoms with van der Waals surface area (Å²) in [5.41, 5.74) is 0. The van der Waals surface area contributed by atoms with Gasteiger partial charge in [-0.2, -0.15) is 0 Å². The van der Waals surface area contributed by atoms with E-state index in [2.05, 4.69) is 86.8 Å². The van der Waals surface area contributed by atoms with Crippen LogP contribution in [0.3, 0.4) is 0 Å². The average Bonchev–Trinajstić information content (AvgIpc) is 2.93. The minimum atomic E-state index is -0.927. The number of carboxylic acid groups (broad SMARTS) is 2. The van der Waals surface area contributed by atoms with Crippen LogP contribution in [0.5, 0.6) is 0 Å². The van der Waals surface area contributed by atoms with Crippen LogP contribution < -0.4 is 10.2 Å². The van der Waals surface area contributed by atoms with Crippen LogP contribution in [0.15, 0.2) is 72.9 Å². The topological polar surface area (TPSA) is 80.3 Å². The first-order valence-electron chi connectivity index (χ1n) is 15.9. The summed E-state index contributed by atoms with van der Waals surface area (Å²) >= 11 is 0. The number of carbonyl (C=O) groups is 2. The molecule has 0 rings (SSSR count). The largest absolute Gasteiger partial charge is 2.00 e. The fourth-order valence-corrected chi connectivity index (χ4v) is 3.72. The second kappa shape index (κ2) is 40.3. The number of unbranched alkanes of at least 4 members (excludes halogenated alkanes) is 14. The van der Waals surface area contributed by atoms with Crippen molar-refractivity contribution in [2.45, 2.75) is 142 Å². The molecule has 0 heterocycles. The predicted molar refractivity (Wildman–Crippen MR) is 174 cm³/mol. The maximum absolute atomic E-state index is 10.2. The smallest absolute Gasteiger partial charge is 0.550 e. The minimum absolute atomic E-state index is 0. The molecule has 0 aromatic rings. The molecule has 5 heteroatoms. The summed E-state index contributed by atoms with van der Waals surface area (Å²) in [6, 6.07) is 0. The maximum atomic E-state index is 10.2. The number of carboxylic acids is 2. The molecule has 0 bridgehead atoms. The Kier molecular flexibility index (Phi) is 42.8. The predicted octanol–water partition coefficient (Wildman–Crippen LogP) is 8.27. The number of allylic oxidation sites excluding steroid dienone is 12. The fourth-order valence-electron chi connectivity index (χ4n) is 3.72. The van der Waals surface area contributed by atoms with Gasteiger partial charge in [-0.05, 0) is 64.2 Å². The van der Waals surface area contributed by atoms with Crippen LogP contribution in [-0.4, -0.2) is 35.0 Å². The Morgan fingerprint density at radius 2 is 0.683 bits per heavy atom. The molecule has 0 N–H and O–H groups in total. The molecule has 0 aromatic heterocycles. The van der Waals surface area contributed by atoms with Crippen molar-refractivity contribution in [2.75, 3.05) is 0 Å². The Bertz CT molecular complexity index is 670. The maximum Gasteiger partial charge on any atom is 2.00 e. The first-order valence-corrected chi connectivity index (χ1v) is 15.9. The van der Waals surface area contributed by atoms with Crippen molar-refractivity contribution in [3.63, 3.8) is 0 Å². The second-order valence-corrected chi connectivity index (χ2v) is 10.1. The third-order valence-electron chi connectivity index (χ3n) is 6.16. The van der Waals surface area contributed by atoms with Crippen LogP contribution in [0.1, 0.15) is 142 Å². The summed E-state index contributed by atoms with van der Waals surface area (Å²) in [7, 11) is 0. The van der Waals surface area contributed by atoms with Crippen LogP contribution in [-0.2, 0) is 9.59 Å². The van der Waals surface area contributed by atoms with Crippen molar-refractivity contribution in [1.82, 2.24) is 0 Å². The first-order chi connectivity index (χ1) is 19.5. The zero-order chi connectivity index (χ0) is 29.8. The summed E-state index contributed by atoms with van der Waals surface area (Å²) in [5, 5.41) is 20.4. The summed E-state index contributed by atoms with van der Waals surface area (Å²) < 4.78 is 0. The molecule has 0 saturated heterocycles. The monoisotopic (exact) mass is 578 g/mol. The molecule has 0 aliphatic rings. The van der Waals surface area contributed by atoms with Crippen LogP contribution >= 0.6 is 0 Å². The van der Waals surface area contributed by atoms with E-state index in [9.17, 15) is 19.8 Å². The molecule has 0 aromatic carbocycles. The van der Waals surface area contributed by atoms with Crippen LogP contribution in [0, 0.1) is 0 Å².